The second kappa shape index (κ2) is 4.48. The van der Waals surface area contributed by atoms with Gasteiger partial charge in [0.2, 0.25) is 0 Å². The van der Waals surface area contributed by atoms with Crippen molar-refractivity contribution >= 4 is 11.2 Å². The Bertz CT molecular complexity index is 1030. The highest BCUT2D eigenvalue weighted by molar-refractivity contribution is 5.77. The Labute approximate surface area is 124 Å². The molecule has 0 saturated heterocycles. The van der Waals surface area contributed by atoms with Crippen LogP contribution >= 0.6 is 0 Å². The molecule has 8 heteroatoms. The van der Waals surface area contributed by atoms with Gasteiger partial charge < -0.3 is 14.8 Å². The molecule has 0 saturated carbocycles. The molecule has 3 aromatic rings. The van der Waals surface area contributed by atoms with Crippen LogP contribution in [0.25, 0.3) is 22.6 Å². The van der Waals surface area contributed by atoms with Crippen molar-refractivity contribution in [3.63, 3.8) is 0 Å². The average Bonchev–Trinajstić information content (AvgIpc) is 2.83. The first-order valence-corrected chi connectivity index (χ1v) is 6.47. The molecule has 2 aromatic heterocycles. The molecular formula is C14H14N4O4. The standard InChI is InChI=1S/C14H14N4O4/c1-16-10-12(17(2)14(22)18(3)13(10)21)15-11(16)7-4-5-8(19)9(20)6-7/h4-6,19-20H,1-3H3. The van der Waals surface area contributed by atoms with Crippen LogP contribution in [0.2, 0.25) is 0 Å². The van der Waals surface area contributed by atoms with E-state index in [9.17, 15) is 19.8 Å². The van der Waals surface area contributed by atoms with Crippen LogP contribution in [0.1, 0.15) is 0 Å². The van der Waals surface area contributed by atoms with Crippen molar-refractivity contribution < 1.29 is 10.2 Å². The quantitative estimate of drug-likeness (QED) is 0.618. The van der Waals surface area contributed by atoms with Gasteiger partial charge in [-0.15, -0.1) is 0 Å². The zero-order chi connectivity index (χ0) is 16.2. The third kappa shape index (κ3) is 1.73. The van der Waals surface area contributed by atoms with Crippen molar-refractivity contribution in [3.05, 3.63) is 39.0 Å². The van der Waals surface area contributed by atoms with E-state index >= 15 is 0 Å². The van der Waals surface area contributed by atoms with Gasteiger partial charge in [0.25, 0.3) is 5.56 Å². The number of aromatic nitrogens is 4. The smallest absolute Gasteiger partial charge is 0.332 e. The van der Waals surface area contributed by atoms with Crippen LogP contribution < -0.4 is 11.2 Å². The first-order chi connectivity index (χ1) is 10.3. The zero-order valence-corrected chi connectivity index (χ0v) is 12.2. The predicted octanol–water partition coefficient (Wildman–Crippen LogP) is 0.0489. The van der Waals surface area contributed by atoms with Crippen LogP contribution in [0.5, 0.6) is 11.5 Å². The maximum atomic E-state index is 12.3. The molecule has 0 spiro atoms. The summed E-state index contributed by atoms with van der Waals surface area (Å²) in [4.78, 5) is 28.6. The second-order valence-corrected chi connectivity index (χ2v) is 5.08. The third-order valence-electron chi connectivity index (χ3n) is 3.71. The van der Waals surface area contributed by atoms with Crippen molar-refractivity contribution in [2.45, 2.75) is 0 Å². The molecule has 0 aliphatic carbocycles. The van der Waals surface area contributed by atoms with Gasteiger partial charge in [0.15, 0.2) is 22.7 Å². The summed E-state index contributed by atoms with van der Waals surface area (Å²) in [7, 11) is 4.60. The molecule has 0 aliphatic heterocycles. The van der Waals surface area contributed by atoms with E-state index in [1.807, 2.05) is 0 Å². The summed E-state index contributed by atoms with van der Waals surface area (Å²) in [5.41, 5.74) is 0.159. The number of nitrogens with zero attached hydrogens (tertiary/aromatic N) is 4. The molecule has 0 fully saturated rings. The Hall–Kier alpha value is -3.03. The Morgan fingerprint density at radius 3 is 2.27 bits per heavy atom. The summed E-state index contributed by atoms with van der Waals surface area (Å²) >= 11 is 0. The minimum atomic E-state index is -0.462. The Morgan fingerprint density at radius 1 is 0.955 bits per heavy atom. The lowest BCUT2D eigenvalue weighted by Gasteiger charge is -2.04. The molecule has 0 unspecified atom stereocenters. The van der Waals surface area contributed by atoms with Crippen LogP contribution in [-0.2, 0) is 21.1 Å². The fourth-order valence-electron chi connectivity index (χ4n) is 2.44. The van der Waals surface area contributed by atoms with Gasteiger partial charge in [-0.25, -0.2) is 9.78 Å². The van der Waals surface area contributed by atoms with E-state index in [0.29, 0.717) is 11.4 Å². The third-order valence-corrected chi connectivity index (χ3v) is 3.71. The number of rotatable bonds is 1. The Morgan fingerprint density at radius 2 is 1.64 bits per heavy atom. The zero-order valence-electron chi connectivity index (χ0n) is 12.2. The molecule has 0 atom stereocenters. The number of phenolic OH excluding ortho intramolecular Hbond substituents is 2. The van der Waals surface area contributed by atoms with Gasteiger partial charge in [0.1, 0.15) is 5.82 Å². The van der Waals surface area contributed by atoms with Crippen LogP contribution in [0.3, 0.4) is 0 Å². The monoisotopic (exact) mass is 302 g/mol. The number of aryl methyl sites for hydroxylation is 2. The number of benzene rings is 1. The molecule has 8 nitrogen and oxygen atoms in total. The molecule has 3 rings (SSSR count). The highest BCUT2D eigenvalue weighted by atomic mass is 16.3. The van der Waals surface area contributed by atoms with Crippen molar-refractivity contribution in [2.24, 2.45) is 21.1 Å². The SMILES string of the molecule is Cn1c(=O)c2c(nc(-c3ccc(O)c(O)c3)n2C)n(C)c1=O. The number of fused-ring (bicyclic) bond motifs is 1. The van der Waals surface area contributed by atoms with E-state index in [4.69, 9.17) is 0 Å². The first-order valence-electron chi connectivity index (χ1n) is 6.47. The summed E-state index contributed by atoms with van der Waals surface area (Å²) < 4.78 is 3.87. The van der Waals surface area contributed by atoms with E-state index in [1.54, 1.807) is 17.7 Å². The predicted molar refractivity (Wildman–Crippen MR) is 80.0 cm³/mol. The van der Waals surface area contributed by atoms with Crippen molar-refractivity contribution in [1.29, 1.82) is 0 Å². The molecule has 0 radical (unpaired) electrons. The van der Waals surface area contributed by atoms with E-state index in [0.717, 1.165) is 4.57 Å². The molecular weight excluding hydrogens is 288 g/mol. The molecule has 1 aromatic carbocycles. The Kier molecular flexibility index (Phi) is 2.84. The lowest BCUT2D eigenvalue weighted by molar-refractivity contribution is 0.404. The lowest BCUT2D eigenvalue weighted by Crippen LogP contribution is -2.37. The van der Waals surface area contributed by atoms with Crippen LogP contribution in [0.15, 0.2) is 27.8 Å². The molecule has 0 aliphatic rings. The minimum absolute atomic E-state index is 0.245. The largest absolute Gasteiger partial charge is 0.504 e. The number of phenols is 2. The second-order valence-electron chi connectivity index (χ2n) is 5.08. The fraction of sp³-hybridized carbons (Fsp3) is 0.214. The minimum Gasteiger partial charge on any atom is -0.504 e. The molecule has 2 heterocycles. The van der Waals surface area contributed by atoms with Gasteiger partial charge in [-0.05, 0) is 18.2 Å². The lowest BCUT2D eigenvalue weighted by atomic mass is 10.2. The molecule has 0 amide bonds. The van der Waals surface area contributed by atoms with Gasteiger partial charge in [-0.2, -0.15) is 0 Å². The fourth-order valence-corrected chi connectivity index (χ4v) is 2.44. The van der Waals surface area contributed by atoms with Crippen molar-refractivity contribution in [3.8, 4) is 22.9 Å². The van der Waals surface area contributed by atoms with Crippen LogP contribution in [0.4, 0.5) is 0 Å². The van der Waals surface area contributed by atoms with Gasteiger partial charge in [-0.1, -0.05) is 0 Å². The van der Waals surface area contributed by atoms with Crippen molar-refractivity contribution in [2.75, 3.05) is 0 Å². The summed E-state index contributed by atoms with van der Waals surface area (Å²) in [6.07, 6.45) is 0. The molecule has 0 bridgehead atoms. The average molecular weight is 302 g/mol. The Balaban J connectivity index is 2.43. The van der Waals surface area contributed by atoms with E-state index in [2.05, 4.69) is 4.98 Å². The van der Waals surface area contributed by atoms with Gasteiger partial charge in [-0.3, -0.25) is 13.9 Å². The summed E-state index contributed by atoms with van der Waals surface area (Å²) in [6, 6.07) is 4.25. The van der Waals surface area contributed by atoms with E-state index in [1.165, 1.54) is 30.8 Å². The normalized spacial score (nSPS) is 11.2. The maximum Gasteiger partial charge on any atom is 0.332 e. The summed E-state index contributed by atoms with van der Waals surface area (Å²) in [5, 5.41) is 19.0. The van der Waals surface area contributed by atoms with E-state index in [-0.39, 0.29) is 22.7 Å². The molecule has 2 N–H and O–H groups in total. The van der Waals surface area contributed by atoms with Gasteiger partial charge in [0, 0.05) is 26.7 Å². The maximum absolute atomic E-state index is 12.3. The summed E-state index contributed by atoms with van der Waals surface area (Å²) in [5.74, 6) is -0.124. The van der Waals surface area contributed by atoms with Crippen LogP contribution in [0, 0.1) is 0 Å². The highest BCUT2D eigenvalue weighted by Gasteiger charge is 2.18. The van der Waals surface area contributed by atoms with Gasteiger partial charge in [0.05, 0.1) is 0 Å². The number of imidazole rings is 1. The van der Waals surface area contributed by atoms with Crippen LogP contribution in [-0.4, -0.2) is 28.9 Å². The number of aromatic hydroxyl groups is 2. The first kappa shape index (κ1) is 13.9. The van der Waals surface area contributed by atoms with E-state index < -0.39 is 11.2 Å². The molecule has 114 valence electrons. The highest BCUT2D eigenvalue weighted by Crippen LogP contribution is 2.30. The topological polar surface area (TPSA) is 102 Å². The number of hydrogen-bond donors (Lipinski definition) is 2. The number of hydrogen-bond acceptors (Lipinski definition) is 5. The van der Waals surface area contributed by atoms with Gasteiger partial charge >= 0.3 is 5.69 Å². The molecule has 22 heavy (non-hydrogen) atoms. The van der Waals surface area contributed by atoms with Crippen molar-refractivity contribution in [1.82, 2.24) is 18.7 Å². The summed E-state index contributed by atoms with van der Waals surface area (Å²) in [6.45, 7) is 0.